The quantitative estimate of drug-likeness (QED) is 0.588. The first-order chi connectivity index (χ1) is 6.97. The average molecular weight is 214 g/mol. The Balaban J connectivity index is 3.99. The number of carbonyl (C=O) groups excluding carboxylic acids is 2. The van der Waals surface area contributed by atoms with Gasteiger partial charge in [0, 0.05) is 39.2 Å². The molecular formula is C9H14N2O4. The van der Waals surface area contributed by atoms with Gasteiger partial charge in [-0.2, -0.15) is 0 Å². The van der Waals surface area contributed by atoms with Gasteiger partial charge in [0.05, 0.1) is 0 Å². The molecule has 0 aromatic carbocycles. The normalized spacial score (nSPS) is 10.0. The van der Waals surface area contributed by atoms with Crippen LogP contribution in [0.2, 0.25) is 0 Å². The number of amides is 2. The molecule has 0 aromatic heterocycles. The van der Waals surface area contributed by atoms with Gasteiger partial charge in [0.2, 0.25) is 11.8 Å². The van der Waals surface area contributed by atoms with Crippen LogP contribution in [-0.2, 0) is 14.4 Å². The molecular weight excluding hydrogens is 200 g/mol. The highest BCUT2D eigenvalue weighted by atomic mass is 16.4. The van der Waals surface area contributed by atoms with Crippen molar-refractivity contribution < 1.29 is 19.5 Å². The summed E-state index contributed by atoms with van der Waals surface area (Å²) < 4.78 is 0. The Bertz CT molecular complexity index is 286. The second-order valence-electron chi connectivity index (χ2n) is 2.85. The Morgan fingerprint density at radius 1 is 1.33 bits per heavy atom. The Labute approximate surface area is 87.6 Å². The SMILES string of the molecule is CNC(=O)CCN(C)C(=O)/C=C/C(=O)O. The van der Waals surface area contributed by atoms with Crippen molar-refractivity contribution in [2.45, 2.75) is 6.42 Å². The van der Waals surface area contributed by atoms with Crippen LogP contribution in [0.3, 0.4) is 0 Å². The van der Waals surface area contributed by atoms with Crippen LogP contribution in [0.25, 0.3) is 0 Å². The van der Waals surface area contributed by atoms with Crippen LogP contribution in [0.4, 0.5) is 0 Å². The average Bonchev–Trinajstić information content (AvgIpc) is 2.21. The third-order valence-corrected chi connectivity index (χ3v) is 1.70. The zero-order valence-corrected chi connectivity index (χ0v) is 8.69. The van der Waals surface area contributed by atoms with Crippen LogP contribution in [0.5, 0.6) is 0 Å². The smallest absolute Gasteiger partial charge is 0.328 e. The van der Waals surface area contributed by atoms with E-state index in [4.69, 9.17) is 5.11 Å². The van der Waals surface area contributed by atoms with Gasteiger partial charge in [-0.1, -0.05) is 0 Å². The summed E-state index contributed by atoms with van der Waals surface area (Å²) in [5.41, 5.74) is 0. The summed E-state index contributed by atoms with van der Waals surface area (Å²) in [6.45, 7) is 0.252. The summed E-state index contributed by atoms with van der Waals surface area (Å²) in [7, 11) is 3.01. The molecule has 0 saturated carbocycles. The van der Waals surface area contributed by atoms with E-state index in [0.717, 1.165) is 12.2 Å². The number of carboxylic acids is 1. The summed E-state index contributed by atoms with van der Waals surface area (Å²) in [6, 6.07) is 0. The Kier molecular flexibility index (Phi) is 5.77. The van der Waals surface area contributed by atoms with Crippen LogP contribution in [-0.4, -0.2) is 48.4 Å². The Morgan fingerprint density at radius 3 is 2.40 bits per heavy atom. The molecule has 6 nitrogen and oxygen atoms in total. The fourth-order valence-corrected chi connectivity index (χ4v) is 0.774. The van der Waals surface area contributed by atoms with Gasteiger partial charge in [0.15, 0.2) is 0 Å². The van der Waals surface area contributed by atoms with Gasteiger partial charge in [-0.3, -0.25) is 9.59 Å². The highest BCUT2D eigenvalue weighted by Crippen LogP contribution is 1.90. The van der Waals surface area contributed by atoms with Crippen molar-refractivity contribution in [2.24, 2.45) is 0 Å². The van der Waals surface area contributed by atoms with Gasteiger partial charge in [-0.15, -0.1) is 0 Å². The number of nitrogens with zero attached hydrogens (tertiary/aromatic N) is 1. The standard InChI is InChI=1S/C9H14N2O4/c1-10-7(12)5-6-11(2)8(13)3-4-9(14)15/h3-4H,5-6H2,1-2H3,(H,10,12)(H,14,15)/b4-3+. The number of carboxylic acid groups (broad SMARTS) is 1. The zero-order valence-electron chi connectivity index (χ0n) is 8.69. The Morgan fingerprint density at radius 2 is 1.93 bits per heavy atom. The number of aliphatic carboxylic acids is 1. The Hall–Kier alpha value is -1.85. The van der Waals surface area contributed by atoms with Crippen LogP contribution < -0.4 is 5.32 Å². The van der Waals surface area contributed by atoms with Crippen LogP contribution >= 0.6 is 0 Å². The number of nitrogens with one attached hydrogen (secondary N) is 1. The number of rotatable bonds is 5. The molecule has 6 heteroatoms. The fourth-order valence-electron chi connectivity index (χ4n) is 0.774. The van der Waals surface area contributed by atoms with Crippen molar-refractivity contribution >= 4 is 17.8 Å². The molecule has 2 amide bonds. The summed E-state index contributed by atoms with van der Waals surface area (Å²) in [4.78, 5) is 33.4. The van der Waals surface area contributed by atoms with Crippen LogP contribution in [0.15, 0.2) is 12.2 Å². The van der Waals surface area contributed by atoms with Crippen molar-refractivity contribution in [1.82, 2.24) is 10.2 Å². The summed E-state index contributed by atoms with van der Waals surface area (Å²) >= 11 is 0. The van der Waals surface area contributed by atoms with Crippen LogP contribution in [0, 0.1) is 0 Å². The van der Waals surface area contributed by atoms with Crippen molar-refractivity contribution in [3.63, 3.8) is 0 Å². The number of carbonyl (C=O) groups is 3. The summed E-state index contributed by atoms with van der Waals surface area (Å²) in [6.07, 6.45) is 1.91. The molecule has 0 aliphatic heterocycles. The predicted molar refractivity (Wildman–Crippen MR) is 53.1 cm³/mol. The maximum atomic E-state index is 11.2. The molecule has 0 radical (unpaired) electrons. The molecule has 84 valence electrons. The monoisotopic (exact) mass is 214 g/mol. The number of hydrogen-bond donors (Lipinski definition) is 2. The van der Waals surface area contributed by atoms with Gasteiger partial charge in [-0.25, -0.2) is 4.79 Å². The number of hydrogen-bond acceptors (Lipinski definition) is 3. The van der Waals surface area contributed by atoms with Gasteiger partial charge in [0.25, 0.3) is 0 Å². The highest BCUT2D eigenvalue weighted by molar-refractivity contribution is 5.93. The van der Waals surface area contributed by atoms with Crippen molar-refractivity contribution in [2.75, 3.05) is 20.6 Å². The minimum atomic E-state index is -1.18. The van der Waals surface area contributed by atoms with Crippen molar-refractivity contribution in [3.05, 3.63) is 12.2 Å². The topological polar surface area (TPSA) is 86.7 Å². The van der Waals surface area contributed by atoms with E-state index in [2.05, 4.69) is 5.32 Å². The van der Waals surface area contributed by atoms with Crippen LogP contribution in [0.1, 0.15) is 6.42 Å². The van der Waals surface area contributed by atoms with E-state index in [1.165, 1.54) is 19.0 Å². The van der Waals surface area contributed by atoms with Crippen molar-refractivity contribution in [3.8, 4) is 0 Å². The third-order valence-electron chi connectivity index (χ3n) is 1.70. The first kappa shape index (κ1) is 13.2. The summed E-state index contributed by atoms with van der Waals surface area (Å²) in [5, 5.41) is 10.7. The molecule has 0 aliphatic rings. The molecule has 0 bridgehead atoms. The first-order valence-electron chi connectivity index (χ1n) is 4.34. The molecule has 2 N–H and O–H groups in total. The first-order valence-corrected chi connectivity index (χ1v) is 4.34. The van der Waals surface area contributed by atoms with E-state index in [1.807, 2.05) is 0 Å². The lowest BCUT2D eigenvalue weighted by Crippen LogP contribution is -2.30. The third kappa shape index (κ3) is 6.25. The van der Waals surface area contributed by atoms with Gasteiger partial charge in [-0.05, 0) is 0 Å². The summed E-state index contributed by atoms with van der Waals surface area (Å²) in [5.74, 6) is -1.79. The lowest BCUT2D eigenvalue weighted by molar-refractivity contribution is -0.132. The molecule has 15 heavy (non-hydrogen) atoms. The fraction of sp³-hybridized carbons (Fsp3) is 0.444. The zero-order chi connectivity index (χ0) is 11.8. The van der Waals surface area contributed by atoms with Gasteiger partial charge < -0.3 is 15.3 Å². The van der Waals surface area contributed by atoms with E-state index >= 15 is 0 Å². The lowest BCUT2D eigenvalue weighted by atomic mass is 10.3. The second kappa shape index (κ2) is 6.58. The lowest BCUT2D eigenvalue weighted by Gasteiger charge is -2.13. The molecule has 0 aromatic rings. The van der Waals surface area contributed by atoms with Gasteiger partial charge >= 0.3 is 5.97 Å². The molecule has 0 spiro atoms. The minimum absolute atomic E-state index is 0.170. The van der Waals surface area contributed by atoms with E-state index in [1.54, 1.807) is 0 Å². The predicted octanol–water partition coefficient (Wildman–Crippen LogP) is -0.778. The van der Waals surface area contributed by atoms with E-state index < -0.39 is 11.9 Å². The maximum absolute atomic E-state index is 11.2. The van der Waals surface area contributed by atoms with Crippen molar-refractivity contribution in [1.29, 1.82) is 0 Å². The molecule has 0 aliphatic carbocycles. The molecule has 0 atom stereocenters. The van der Waals surface area contributed by atoms with E-state index in [-0.39, 0.29) is 18.9 Å². The largest absolute Gasteiger partial charge is 0.478 e. The number of likely N-dealkylation sites (N-methyl/N-ethyl adjacent to an activating group) is 1. The molecule has 0 unspecified atom stereocenters. The molecule has 0 rings (SSSR count). The highest BCUT2D eigenvalue weighted by Gasteiger charge is 2.07. The second-order valence-corrected chi connectivity index (χ2v) is 2.85. The van der Waals surface area contributed by atoms with E-state index in [9.17, 15) is 14.4 Å². The van der Waals surface area contributed by atoms with E-state index in [0.29, 0.717) is 0 Å². The molecule has 0 heterocycles. The van der Waals surface area contributed by atoms with Gasteiger partial charge in [0.1, 0.15) is 0 Å². The molecule has 0 saturated heterocycles. The minimum Gasteiger partial charge on any atom is -0.478 e. The maximum Gasteiger partial charge on any atom is 0.328 e. The molecule has 0 fully saturated rings.